The molecule has 3 amide bonds. The van der Waals surface area contributed by atoms with Crippen LogP contribution < -0.4 is 5.32 Å². The van der Waals surface area contributed by atoms with Gasteiger partial charge in [0, 0.05) is 13.0 Å². The predicted molar refractivity (Wildman–Crippen MR) is 69.1 cm³/mol. The minimum atomic E-state index is -0.406. The Labute approximate surface area is 107 Å². The molecule has 1 heterocycles. The van der Waals surface area contributed by atoms with Crippen LogP contribution >= 0.6 is 0 Å². The number of urea groups is 1. The lowest BCUT2D eigenvalue weighted by Crippen LogP contribution is -2.33. The molecule has 0 saturated carbocycles. The Balaban J connectivity index is 1.99. The Morgan fingerprint density at radius 1 is 1.22 bits per heavy atom. The van der Waals surface area contributed by atoms with Gasteiger partial charge in [-0.2, -0.15) is 0 Å². The van der Waals surface area contributed by atoms with Gasteiger partial charge >= 0.3 is 6.03 Å². The average molecular weight is 246 g/mol. The molecule has 0 radical (unpaired) electrons. The number of benzene rings is 1. The van der Waals surface area contributed by atoms with E-state index in [1.54, 1.807) is 0 Å². The molecule has 2 rings (SSSR count). The molecule has 18 heavy (non-hydrogen) atoms. The third-order valence-corrected chi connectivity index (χ3v) is 3.12. The molecular formula is C14H18N2O2. The van der Waals surface area contributed by atoms with Gasteiger partial charge in [-0.25, -0.2) is 4.79 Å². The zero-order valence-electron chi connectivity index (χ0n) is 10.6. The maximum atomic E-state index is 12.1. The van der Waals surface area contributed by atoms with E-state index in [9.17, 15) is 9.59 Å². The quantitative estimate of drug-likeness (QED) is 0.807. The van der Waals surface area contributed by atoms with Crippen LogP contribution in [0.1, 0.15) is 25.3 Å². The Morgan fingerprint density at radius 3 is 2.61 bits per heavy atom. The monoisotopic (exact) mass is 246 g/mol. The van der Waals surface area contributed by atoms with Gasteiger partial charge in [0.05, 0.1) is 0 Å². The van der Waals surface area contributed by atoms with E-state index in [4.69, 9.17) is 0 Å². The molecule has 4 nitrogen and oxygen atoms in total. The van der Waals surface area contributed by atoms with Crippen LogP contribution in [0.3, 0.4) is 0 Å². The topological polar surface area (TPSA) is 49.4 Å². The molecule has 4 heteroatoms. The van der Waals surface area contributed by atoms with Crippen molar-refractivity contribution < 1.29 is 9.59 Å². The molecule has 1 aliphatic rings. The van der Waals surface area contributed by atoms with Gasteiger partial charge in [-0.15, -0.1) is 0 Å². The molecular weight excluding hydrogens is 228 g/mol. The Morgan fingerprint density at radius 2 is 1.94 bits per heavy atom. The minimum Gasteiger partial charge on any atom is -0.325 e. The Kier molecular flexibility index (Phi) is 3.97. The summed E-state index contributed by atoms with van der Waals surface area (Å²) in [5.41, 5.74) is 1.06. The third-order valence-electron chi connectivity index (χ3n) is 3.12. The Bertz CT molecular complexity index is 431. The van der Waals surface area contributed by atoms with Crippen molar-refractivity contribution in [3.05, 3.63) is 35.9 Å². The first-order valence-electron chi connectivity index (χ1n) is 6.38. The molecule has 1 aromatic rings. The lowest BCUT2D eigenvalue weighted by Gasteiger charge is -2.12. The Hall–Kier alpha value is -1.84. The molecule has 96 valence electrons. The number of carbonyl (C=O) groups is 2. The smallest absolute Gasteiger partial charge is 0.324 e. The number of unbranched alkanes of at least 4 members (excludes halogenated alkanes) is 1. The third kappa shape index (κ3) is 2.70. The molecule has 1 aliphatic heterocycles. The molecule has 1 aromatic carbocycles. The summed E-state index contributed by atoms with van der Waals surface area (Å²) in [5.74, 6) is -0.0997. The van der Waals surface area contributed by atoms with Crippen LogP contribution in [0.15, 0.2) is 30.3 Å². The zero-order chi connectivity index (χ0) is 13.0. The standard InChI is InChI=1S/C14H18N2O2/c1-2-3-9-16-13(17)12(15-14(16)18)10-11-7-5-4-6-8-11/h4-8,12H,2-3,9-10H2,1H3,(H,15,18)/t12-/m0/s1. The van der Waals surface area contributed by atoms with Crippen LogP contribution in [0, 0.1) is 0 Å². The van der Waals surface area contributed by atoms with Crippen molar-refractivity contribution in [3.63, 3.8) is 0 Å². The molecule has 1 atom stereocenters. The summed E-state index contributed by atoms with van der Waals surface area (Å²) in [6.07, 6.45) is 2.39. The van der Waals surface area contributed by atoms with Gasteiger partial charge in [0.25, 0.3) is 5.91 Å². The summed E-state index contributed by atoms with van der Waals surface area (Å²) >= 11 is 0. The number of hydrogen-bond acceptors (Lipinski definition) is 2. The number of hydrogen-bond donors (Lipinski definition) is 1. The van der Waals surface area contributed by atoms with Gasteiger partial charge in [-0.05, 0) is 12.0 Å². The second kappa shape index (κ2) is 5.67. The molecule has 1 saturated heterocycles. The molecule has 0 spiro atoms. The second-order valence-electron chi connectivity index (χ2n) is 4.54. The molecule has 1 N–H and O–H groups in total. The van der Waals surface area contributed by atoms with Crippen LogP contribution in [0.4, 0.5) is 4.79 Å². The fourth-order valence-corrected chi connectivity index (χ4v) is 2.09. The van der Waals surface area contributed by atoms with Crippen molar-refractivity contribution in [2.75, 3.05) is 6.54 Å². The van der Waals surface area contributed by atoms with Crippen molar-refractivity contribution in [2.24, 2.45) is 0 Å². The molecule has 0 aliphatic carbocycles. The lowest BCUT2D eigenvalue weighted by atomic mass is 10.1. The van der Waals surface area contributed by atoms with E-state index in [0.29, 0.717) is 13.0 Å². The van der Waals surface area contributed by atoms with E-state index >= 15 is 0 Å². The summed E-state index contributed by atoms with van der Waals surface area (Å²) < 4.78 is 0. The van der Waals surface area contributed by atoms with Crippen molar-refractivity contribution in [3.8, 4) is 0 Å². The number of amides is 3. The van der Waals surface area contributed by atoms with E-state index in [0.717, 1.165) is 18.4 Å². The highest BCUT2D eigenvalue weighted by molar-refractivity contribution is 6.04. The zero-order valence-corrected chi connectivity index (χ0v) is 10.6. The van der Waals surface area contributed by atoms with Gasteiger partial charge in [0.1, 0.15) is 6.04 Å². The van der Waals surface area contributed by atoms with Crippen LogP contribution in [-0.2, 0) is 11.2 Å². The highest BCUT2D eigenvalue weighted by Crippen LogP contribution is 2.12. The summed E-state index contributed by atoms with van der Waals surface area (Å²) in [4.78, 5) is 25.1. The van der Waals surface area contributed by atoms with Crippen molar-refractivity contribution in [2.45, 2.75) is 32.2 Å². The van der Waals surface area contributed by atoms with Gasteiger partial charge in [-0.1, -0.05) is 43.7 Å². The fourth-order valence-electron chi connectivity index (χ4n) is 2.09. The highest BCUT2D eigenvalue weighted by Gasteiger charge is 2.37. The van der Waals surface area contributed by atoms with Crippen LogP contribution in [-0.4, -0.2) is 29.4 Å². The SMILES string of the molecule is CCCCN1C(=O)N[C@@H](Cc2ccccc2)C1=O. The van der Waals surface area contributed by atoms with Crippen molar-refractivity contribution in [1.29, 1.82) is 0 Å². The number of nitrogens with zero attached hydrogens (tertiary/aromatic N) is 1. The van der Waals surface area contributed by atoms with Gasteiger partial charge in [0.15, 0.2) is 0 Å². The normalized spacial score (nSPS) is 19.2. The fraction of sp³-hybridized carbons (Fsp3) is 0.429. The number of nitrogens with one attached hydrogen (secondary N) is 1. The van der Waals surface area contributed by atoms with E-state index in [1.165, 1.54) is 4.90 Å². The summed E-state index contributed by atoms with van der Waals surface area (Å²) in [6.45, 7) is 2.56. The van der Waals surface area contributed by atoms with E-state index in [1.807, 2.05) is 37.3 Å². The number of imide groups is 1. The van der Waals surface area contributed by atoms with Crippen LogP contribution in [0.25, 0.3) is 0 Å². The van der Waals surface area contributed by atoms with Gasteiger partial charge in [0.2, 0.25) is 0 Å². The van der Waals surface area contributed by atoms with Crippen LogP contribution in [0.5, 0.6) is 0 Å². The van der Waals surface area contributed by atoms with Crippen molar-refractivity contribution >= 4 is 11.9 Å². The van der Waals surface area contributed by atoms with Gasteiger partial charge in [-0.3, -0.25) is 9.69 Å². The predicted octanol–water partition coefficient (Wildman–Crippen LogP) is 1.95. The number of carbonyl (C=O) groups excluding carboxylic acids is 2. The van der Waals surface area contributed by atoms with Crippen LogP contribution in [0.2, 0.25) is 0 Å². The van der Waals surface area contributed by atoms with Crippen molar-refractivity contribution in [1.82, 2.24) is 10.2 Å². The van der Waals surface area contributed by atoms with Gasteiger partial charge < -0.3 is 5.32 Å². The van der Waals surface area contributed by atoms with E-state index < -0.39 is 6.04 Å². The maximum absolute atomic E-state index is 12.1. The number of rotatable bonds is 5. The first-order chi connectivity index (χ1) is 8.72. The average Bonchev–Trinajstić information content (AvgIpc) is 2.64. The first kappa shape index (κ1) is 12.6. The summed E-state index contributed by atoms with van der Waals surface area (Å²) in [6, 6.07) is 9.08. The maximum Gasteiger partial charge on any atom is 0.324 e. The minimum absolute atomic E-state index is 0.0997. The molecule has 0 aromatic heterocycles. The second-order valence-corrected chi connectivity index (χ2v) is 4.54. The first-order valence-corrected chi connectivity index (χ1v) is 6.38. The summed E-state index contributed by atoms with van der Waals surface area (Å²) in [5, 5.41) is 2.75. The summed E-state index contributed by atoms with van der Waals surface area (Å²) in [7, 11) is 0. The highest BCUT2D eigenvalue weighted by atomic mass is 16.2. The lowest BCUT2D eigenvalue weighted by molar-refractivity contribution is -0.127. The molecule has 0 bridgehead atoms. The van der Waals surface area contributed by atoms with E-state index in [2.05, 4.69) is 5.32 Å². The molecule has 0 unspecified atom stereocenters. The van der Waals surface area contributed by atoms with E-state index in [-0.39, 0.29) is 11.9 Å². The largest absolute Gasteiger partial charge is 0.325 e. The molecule has 1 fully saturated rings.